The molecule has 2 N–H and O–H groups in total. The molecule has 0 aliphatic heterocycles. The van der Waals surface area contributed by atoms with Crippen molar-refractivity contribution < 1.29 is 17.9 Å². The molecule has 0 saturated carbocycles. The van der Waals surface area contributed by atoms with Gasteiger partial charge in [-0.1, -0.05) is 6.07 Å². The Morgan fingerprint density at radius 3 is 2.14 bits per heavy atom. The molecule has 6 nitrogen and oxygen atoms in total. The van der Waals surface area contributed by atoms with Crippen molar-refractivity contribution >= 4 is 21.6 Å². The maximum absolute atomic E-state index is 12.9. The Kier molecular flexibility index (Phi) is 7.43. The maximum Gasteiger partial charge on any atom is 0.241 e. The third-order valence-electron chi connectivity index (χ3n) is 5.24. The quantitative estimate of drug-likeness (QED) is 0.636. The zero-order chi connectivity index (χ0) is 21.8. The summed E-state index contributed by atoms with van der Waals surface area (Å²) in [6.45, 7) is 11.7. The lowest BCUT2D eigenvalue weighted by molar-refractivity contribution is -0.114. The van der Waals surface area contributed by atoms with Crippen molar-refractivity contribution in [2.45, 2.75) is 52.9 Å². The second-order valence-electron chi connectivity index (χ2n) is 7.26. The predicted molar refractivity (Wildman–Crippen MR) is 116 cm³/mol. The van der Waals surface area contributed by atoms with Gasteiger partial charge < -0.3 is 10.1 Å². The summed E-state index contributed by atoms with van der Waals surface area (Å²) >= 11 is 0. The van der Waals surface area contributed by atoms with Crippen LogP contribution in [0.25, 0.3) is 0 Å². The number of benzene rings is 2. The summed E-state index contributed by atoms with van der Waals surface area (Å²) < 4.78 is 34.1. The van der Waals surface area contributed by atoms with E-state index in [4.69, 9.17) is 4.74 Å². The van der Waals surface area contributed by atoms with Crippen molar-refractivity contribution in [1.29, 1.82) is 0 Å². The first-order valence-corrected chi connectivity index (χ1v) is 11.1. The minimum atomic E-state index is -3.60. The summed E-state index contributed by atoms with van der Waals surface area (Å²) in [5.74, 6) is 0.472. The normalized spacial score (nSPS) is 11.4. The van der Waals surface area contributed by atoms with Gasteiger partial charge in [-0.3, -0.25) is 4.79 Å². The highest BCUT2D eigenvalue weighted by molar-refractivity contribution is 7.89. The van der Waals surface area contributed by atoms with Crippen LogP contribution in [0.4, 0.5) is 5.69 Å². The lowest BCUT2D eigenvalue weighted by Gasteiger charge is -2.19. The average Bonchev–Trinajstić information content (AvgIpc) is 2.64. The van der Waals surface area contributed by atoms with Gasteiger partial charge in [-0.15, -0.1) is 0 Å². The Balaban J connectivity index is 1.97. The van der Waals surface area contributed by atoms with E-state index in [0.717, 1.165) is 27.8 Å². The molecule has 0 aliphatic carbocycles. The van der Waals surface area contributed by atoms with Gasteiger partial charge in [-0.25, -0.2) is 13.1 Å². The molecule has 0 saturated heterocycles. The number of carbonyl (C=O) groups excluding carboxylic acids is 1. The number of carbonyl (C=O) groups is 1. The highest BCUT2D eigenvalue weighted by Crippen LogP contribution is 2.29. The van der Waals surface area contributed by atoms with Crippen LogP contribution in [0.2, 0.25) is 0 Å². The third-order valence-corrected chi connectivity index (χ3v) is 6.97. The molecule has 0 heterocycles. The summed E-state index contributed by atoms with van der Waals surface area (Å²) in [5, 5.41) is 2.70. The standard InChI is InChI=1S/C22H30N2O4S/c1-14-15(2)17(4)22(18(5)16(14)3)29(26,27)23-11-8-12-28-21-10-7-9-20(13-21)24-19(6)25/h7,9-10,13,23H,8,11-12H2,1-6H3,(H,24,25). The second kappa shape index (κ2) is 9.41. The average molecular weight is 419 g/mol. The fraction of sp³-hybridized carbons (Fsp3) is 0.409. The minimum absolute atomic E-state index is 0.149. The van der Waals surface area contributed by atoms with Gasteiger partial charge in [0, 0.05) is 25.2 Å². The smallest absolute Gasteiger partial charge is 0.241 e. The van der Waals surface area contributed by atoms with E-state index in [-0.39, 0.29) is 12.5 Å². The van der Waals surface area contributed by atoms with Gasteiger partial charge in [0.05, 0.1) is 11.5 Å². The molecule has 0 fully saturated rings. The third kappa shape index (κ3) is 5.58. The second-order valence-corrected chi connectivity index (χ2v) is 8.97. The molecule has 2 rings (SSSR count). The van der Waals surface area contributed by atoms with Gasteiger partial charge in [0.2, 0.25) is 15.9 Å². The Labute approximate surface area is 173 Å². The molecule has 0 aliphatic rings. The van der Waals surface area contributed by atoms with Crippen LogP contribution < -0.4 is 14.8 Å². The number of rotatable bonds is 8. The molecular formula is C22H30N2O4S. The number of amides is 1. The Bertz CT molecular complexity index is 985. The summed E-state index contributed by atoms with van der Waals surface area (Å²) in [7, 11) is -3.60. The monoisotopic (exact) mass is 418 g/mol. The van der Waals surface area contributed by atoms with Crippen molar-refractivity contribution in [3.05, 3.63) is 52.1 Å². The van der Waals surface area contributed by atoms with Gasteiger partial charge in [-0.05, 0) is 81.0 Å². The zero-order valence-electron chi connectivity index (χ0n) is 18.0. The molecule has 0 bridgehead atoms. The summed E-state index contributed by atoms with van der Waals surface area (Å²) in [5.41, 5.74) is 5.40. The number of hydrogen-bond acceptors (Lipinski definition) is 4. The molecule has 158 valence electrons. The van der Waals surface area contributed by atoms with Crippen molar-refractivity contribution in [3.8, 4) is 5.75 Å². The first-order valence-electron chi connectivity index (χ1n) is 9.61. The Hall–Kier alpha value is -2.38. The van der Waals surface area contributed by atoms with E-state index in [2.05, 4.69) is 10.0 Å². The van der Waals surface area contributed by atoms with E-state index in [1.165, 1.54) is 6.92 Å². The number of nitrogens with one attached hydrogen (secondary N) is 2. The summed E-state index contributed by atoms with van der Waals surface area (Å²) in [4.78, 5) is 11.5. The van der Waals surface area contributed by atoms with Crippen LogP contribution in [0.5, 0.6) is 5.75 Å². The van der Waals surface area contributed by atoms with Gasteiger partial charge in [0.25, 0.3) is 0 Å². The molecule has 29 heavy (non-hydrogen) atoms. The summed E-state index contributed by atoms with van der Waals surface area (Å²) in [6, 6.07) is 7.09. The highest BCUT2D eigenvalue weighted by atomic mass is 32.2. The molecule has 2 aromatic rings. The largest absolute Gasteiger partial charge is 0.493 e. The number of sulfonamides is 1. The number of anilines is 1. The molecule has 2 aromatic carbocycles. The van der Waals surface area contributed by atoms with E-state index in [1.54, 1.807) is 24.3 Å². The molecule has 0 aromatic heterocycles. The first-order chi connectivity index (χ1) is 13.5. The number of hydrogen-bond donors (Lipinski definition) is 2. The van der Waals surface area contributed by atoms with Gasteiger partial charge >= 0.3 is 0 Å². The maximum atomic E-state index is 12.9. The SMILES string of the molecule is CC(=O)Nc1cccc(OCCCNS(=O)(=O)c2c(C)c(C)c(C)c(C)c2C)c1. The number of ether oxygens (including phenoxy) is 1. The zero-order valence-corrected chi connectivity index (χ0v) is 18.8. The van der Waals surface area contributed by atoms with Gasteiger partial charge in [-0.2, -0.15) is 0 Å². The molecule has 0 spiro atoms. The van der Waals surface area contributed by atoms with Crippen LogP contribution in [-0.4, -0.2) is 27.5 Å². The van der Waals surface area contributed by atoms with Gasteiger partial charge in [0.15, 0.2) is 0 Å². The Morgan fingerprint density at radius 2 is 1.55 bits per heavy atom. The topological polar surface area (TPSA) is 84.5 Å². The molecule has 1 amide bonds. The molecule has 7 heteroatoms. The highest BCUT2D eigenvalue weighted by Gasteiger charge is 2.23. The van der Waals surface area contributed by atoms with E-state index >= 15 is 0 Å². The molecule has 0 radical (unpaired) electrons. The predicted octanol–water partition coefficient (Wildman–Crippen LogP) is 3.93. The van der Waals surface area contributed by atoms with Crippen LogP contribution in [0.15, 0.2) is 29.2 Å². The fourth-order valence-corrected chi connectivity index (χ4v) is 4.95. The van der Waals surface area contributed by atoms with E-state index in [1.807, 2.05) is 34.6 Å². The molecule has 0 unspecified atom stereocenters. The van der Waals surface area contributed by atoms with Crippen LogP contribution in [0, 0.1) is 34.6 Å². The van der Waals surface area contributed by atoms with E-state index in [0.29, 0.717) is 29.4 Å². The van der Waals surface area contributed by atoms with Crippen LogP contribution in [0.3, 0.4) is 0 Å². The van der Waals surface area contributed by atoms with Crippen LogP contribution >= 0.6 is 0 Å². The molecular weight excluding hydrogens is 388 g/mol. The van der Waals surface area contributed by atoms with Crippen molar-refractivity contribution in [2.75, 3.05) is 18.5 Å². The van der Waals surface area contributed by atoms with Crippen molar-refractivity contribution in [3.63, 3.8) is 0 Å². The molecule has 0 atom stereocenters. The fourth-order valence-electron chi connectivity index (χ4n) is 3.28. The van der Waals surface area contributed by atoms with Crippen LogP contribution in [0.1, 0.15) is 41.2 Å². The lowest BCUT2D eigenvalue weighted by atomic mass is 9.95. The van der Waals surface area contributed by atoms with Gasteiger partial charge in [0.1, 0.15) is 5.75 Å². The van der Waals surface area contributed by atoms with Crippen LogP contribution in [-0.2, 0) is 14.8 Å². The van der Waals surface area contributed by atoms with E-state index in [9.17, 15) is 13.2 Å². The lowest BCUT2D eigenvalue weighted by Crippen LogP contribution is -2.28. The first kappa shape index (κ1) is 22.9. The van der Waals surface area contributed by atoms with Crippen molar-refractivity contribution in [1.82, 2.24) is 4.72 Å². The summed E-state index contributed by atoms with van der Waals surface area (Å²) in [6.07, 6.45) is 0.519. The van der Waals surface area contributed by atoms with E-state index < -0.39 is 10.0 Å². The van der Waals surface area contributed by atoms with Crippen molar-refractivity contribution in [2.24, 2.45) is 0 Å². The Morgan fingerprint density at radius 1 is 0.966 bits per heavy atom. The minimum Gasteiger partial charge on any atom is -0.493 e.